The Balaban J connectivity index is 1.84. The Morgan fingerprint density at radius 3 is 2.42 bits per heavy atom. The van der Waals surface area contributed by atoms with Crippen LogP contribution in [-0.2, 0) is 22.6 Å². The summed E-state index contributed by atoms with van der Waals surface area (Å²) >= 11 is 0. The third kappa shape index (κ3) is 6.16. The fraction of sp³-hybridized carbons (Fsp3) is 0.462. The summed E-state index contributed by atoms with van der Waals surface area (Å²) in [6, 6.07) is 11.9. The maximum Gasteiger partial charge on any atom is 0.243 e. The van der Waals surface area contributed by atoms with Crippen LogP contribution < -0.4 is 5.32 Å². The van der Waals surface area contributed by atoms with E-state index in [2.05, 4.69) is 5.32 Å². The fourth-order valence-corrected chi connectivity index (χ4v) is 4.33. The lowest BCUT2D eigenvalue weighted by atomic mass is 10.0. The molecule has 0 saturated heterocycles. The van der Waals surface area contributed by atoms with Crippen LogP contribution in [-0.4, -0.2) is 28.8 Å². The van der Waals surface area contributed by atoms with Crippen molar-refractivity contribution in [3.63, 3.8) is 0 Å². The zero-order valence-electron chi connectivity index (χ0n) is 18.8. The normalized spacial score (nSPS) is 15.0. The molecular formula is C26H33FN2O2. The number of rotatable bonds is 8. The van der Waals surface area contributed by atoms with E-state index in [1.165, 1.54) is 12.1 Å². The second kappa shape index (κ2) is 10.6. The third-order valence-corrected chi connectivity index (χ3v) is 6.20. The van der Waals surface area contributed by atoms with Crippen molar-refractivity contribution in [2.75, 3.05) is 0 Å². The molecule has 2 aromatic rings. The lowest BCUT2D eigenvalue weighted by Crippen LogP contribution is -2.51. The van der Waals surface area contributed by atoms with E-state index in [9.17, 15) is 14.0 Å². The van der Waals surface area contributed by atoms with Gasteiger partial charge >= 0.3 is 0 Å². The second-order valence-electron chi connectivity index (χ2n) is 8.67. The largest absolute Gasteiger partial charge is 0.352 e. The molecule has 1 aliphatic rings. The van der Waals surface area contributed by atoms with Gasteiger partial charge in [0, 0.05) is 12.6 Å². The molecule has 1 saturated carbocycles. The maximum atomic E-state index is 13.5. The number of hydrogen-bond acceptors (Lipinski definition) is 2. The summed E-state index contributed by atoms with van der Waals surface area (Å²) in [4.78, 5) is 28.3. The first-order valence-corrected chi connectivity index (χ1v) is 11.3. The molecule has 0 bridgehead atoms. The number of aryl methyl sites for hydroxylation is 2. The Labute approximate surface area is 184 Å². The summed E-state index contributed by atoms with van der Waals surface area (Å²) in [6.45, 7) is 6.21. The molecule has 4 nitrogen and oxygen atoms in total. The monoisotopic (exact) mass is 424 g/mol. The smallest absolute Gasteiger partial charge is 0.243 e. The van der Waals surface area contributed by atoms with E-state index >= 15 is 0 Å². The van der Waals surface area contributed by atoms with Crippen LogP contribution in [0.25, 0.3) is 0 Å². The van der Waals surface area contributed by atoms with E-state index in [1.54, 1.807) is 17.0 Å². The number of halogens is 1. The zero-order valence-corrected chi connectivity index (χ0v) is 18.8. The average molecular weight is 425 g/mol. The number of hydrogen-bond donors (Lipinski definition) is 1. The molecule has 1 fully saturated rings. The molecule has 1 N–H and O–H groups in total. The standard InChI is InChI=1S/C26H33FN2O2/c1-4-24(26(31)28-23-7-5-6-8-23)29(17-20-11-13-22(27)14-12-20)25(30)16-21-15-18(2)9-10-19(21)3/h9-15,23-24H,4-8,16-17H2,1-3H3,(H,28,31)/t24-/m0/s1. The lowest BCUT2D eigenvalue weighted by Gasteiger charge is -2.32. The quantitative estimate of drug-likeness (QED) is 0.658. The van der Waals surface area contributed by atoms with Gasteiger partial charge in [-0.15, -0.1) is 0 Å². The van der Waals surface area contributed by atoms with Crippen LogP contribution in [0.5, 0.6) is 0 Å². The van der Waals surface area contributed by atoms with E-state index < -0.39 is 6.04 Å². The summed E-state index contributed by atoms with van der Waals surface area (Å²) < 4.78 is 13.4. The Hall–Kier alpha value is -2.69. The number of amides is 2. The maximum absolute atomic E-state index is 13.5. The minimum atomic E-state index is -0.553. The Bertz CT molecular complexity index is 904. The summed E-state index contributed by atoms with van der Waals surface area (Å²) in [5.41, 5.74) is 3.94. The molecule has 0 radical (unpaired) electrons. The van der Waals surface area contributed by atoms with Crippen LogP contribution in [0.1, 0.15) is 61.3 Å². The summed E-state index contributed by atoms with van der Waals surface area (Å²) in [5, 5.41) is 3.15. The zero-order chi connectivity index (χ0) is 22.4. The van der Waals surface area contributed by atoms with Crippen molar-refractivity contribution in [2.24, 2.45) is 0 Å². The highest BCUT2D eigenvalue weighted by Crippen LogP contribution is 2.20. The molecule has 0 aliphatic heterocycles. The van der Waals surface area contributed by atoms with Crippen LogP contribution in [0.3, 0.4) is 0 Å². The Kier molecular flexibility index (Phi) is 7.83. The summed E-state index contributed by atoms with van der Waals surface area (Å²) in [6.07, 6.45) is 5.02. The Morgan fingerprint density at radius 2 is 1.77 bits per heavy atom. The van der Waals surface area contributed by atoms with E-state index in [-0.39, 0.29) is 36.6 Å². The number of nitrogens with zero attached hydrogens (tertiary/aromatic N) is 1. The Morgan fingerprint density at radius 1 is 1.10 bits per heavy atom. The van der Waals surface area contributed by atoms with Gasteiger partial charge in [-0.1, -0.05) is 55.7 Å². The van der Waals surface area contributed by atoms with Gasteiger partial charge in [-0.3, -0.25) is 9.59 Å². The van der Waals surface area contributed by atoms with Gasteiger partial charge in [0.15, 0.2) is 0 Å². The van der Waals surface area contributed by atoms with Crippen LogP contribution >= 0.6 is 0 Å². The first-order chi connectivity index (χ1) is 14.9. The van der Waals surface area contributed by atoms with Gasteiger partial charge in [0.05, 0.1) is 6.42 Å². The van der Waals surface area contributed by atoms with Gasteiger partial charge in [0.1, 0.15) is 11.9 Å². The molecule has 166 valence electrons. The number of benzene rings is 2. The van der Waals surface area contributed by atoms with Crippen molar-refractivity contribution in [1.82, 2.24) is 10.2 Å². The molecule has 3 rings (SSSR count). The van der Waals surface area contributed by atoms with Crippen molar-refractivity contribution < 1.29 is 14.0 Å². The van der Waals surface area contributed by atoms with E-state index in [4.69, 9.17) is 0 Å². The van der Waals surface area contributed by atoms with Gasteiger partial charge in [0.2, 0.25) is 11.8 Å². The molecule has 31 heavy (non-hydrogen) atoms. The third-order valence-electron chi connectivity index (χ3n) is 6.20. The summed E-state index contributed by atoms with van der Waals surface area (Å²) in [5.74, 6) is -0.500. The highest BCUT2D eigenvalue weighted by molar-refractivity contribution is 5.88. The van der Waals surface area contributed by atoms with Crippen LogP contribution in [0.15, 0.2) is 42.5 Å². The summed E-state index contributed by atoms with van der Waals surface area (Å²) in [7, 11) is 0. The minimum Gasteiger partial charge on any atom is -0.352 e. The predicted octanol–water partition coefficient (Wildman–Crippen LogP) is 4.85. The van der Waals surface area contributed by atoms with Gasteiger partial charge in [0.25, 0.3) is 0 Å². The van der Waals surface area contributed by atoms with Crippen molar-refractivity contribution in [3.8, 4) is 0 Å². The van der Waals surface area contributed by atoms with Gasteiger partial charge < -0.3 is 10.2 Å². The number of carbonyl (C=O) groups is 2. The molecule has 5 heteroatoms. The molecule has 1 aliphatic carbocycles. The number of nitrogens with one attached hydrogen (secondary N) is 1. The second-order valence-corrected chi connectivity index (χ2v) is 8.67. The van der Waals surface area contributed by atoms with Crippen LogP contribution in [0.2, 0.25) is 0 Å². The van der Waals surface area contributed by atoms with Gasteiger partial charge in [-0.25, -0.2) is 4.39 Å². The molecule has 2 amide bonds. The molecular weight excluding hydrogens is 391 g/mol. The predicted molar refractivity (Wildman–Crippen MR) is 121 cm³/mol. The van der Waals surface area contributed by atoms with E-state index in [1.807, 2.05) is 39.0 Å². The molecule has 0 unspecified atom stereocenters. The van der Waals surface area contributed by atoms with Crippen molar-refractivity contribution in [2.45, 2.75) is 77.9 Å². The van der Waals surface area contributed by atoms with Crippen molar-refractivity contribution in [3.05, 3.63) is 70.5 Å². The SMILES string of the molecule is CC[C@@H](C(=O)NC1CCCC1)N(Cc1ccc(F)cc1)C(=O)Cc1cc(C)ccc1C. The molecule has 2 aromatic carbocycles. The first kappa shape index (κ1) is 23.0. The average Bonchev–Trinajstić information content (AvgIpc) is 3.25. The van der Waals surface area contributed by atoms with Gasteiger partial charge in [-0.05, 0) is 61.9 Å². The minimum absolute atomic E-state index is 0.0913. The number of carbonyl (C=O) groups excluding carboxylic acids is 2. The van der Waals surface area contributed by atoms with Crippen molar-refractivity contribution >= 4 is 11.8 Å². The highest BCUT2D eigenvalue weighted by Gasteiger charge is 2.30. The molecule has 0 aromatic heterocycles. The van der Waals surface area contributed by atoms with Crippen LogP contribution in [0.4, 0.5) is 4.39 Å². The highest BCUT2D eigenvalue weighted by atomic mass is 19.1. The first-order valence-electron chi connectivity index (χ1n) is 11.3. The van der Waals surface area contributed by atoms with Gasteiger partial charge in [-0.2, -0.15) is 0 Å². The van der Waals surface area contributed by atoms with Crippen LogP contribution in [0, 0.1) is 19.7 Å². The molecule has 0 spiro atoms. The lowest BCUT2D eigenvalue weighted by molar-refractivity contribution is -0.141. The van der Waals surface area contributed by atoms with Crippen molar-refractivity contribution in [1.29, 1.82) is 0 Å². The molecule has 1 atom stereocenters. The fourth-order valence-electron chi connectivity index (χ4n) is 4.33. The topological polar surface area (TPSA) is 49.4 Å². The van der Waals surface area contributed by atoms with E-state index in [0.29, 0.717) is 6.42 Å². The molecule has 0 heterocycles. The van der Waals surface area contributed by atoms with E-state index in [0.717, 1.165) is 47.9 Å².